The molecule has 0 spiro atoms. The lowest BCUT2D eigenvalue weighted by Gasteiger charge is -2.16. The van der Waals surface area contributed by atoms with Gasteiger partial charge >= 0.3 is 0 Å². The molecule has 0 heterocycles. The summed E-state index contributed by atoms with van der Waals surface area (Å²) in [4.78, 5) is 22.5. The van der Waals surface area contributed by atoms with Crippen LogP contribution in [0.2, 0.25) is 0 Å². The van der Waals surface area contributed by atoms with E-state index in [1.54, 1.807) is 0 Å². The summed E-state index contributed by atoms with van der Waals surface area (Å²) in [5.74, 6) is 0.0103. The van der Waals surface area contributed by atoms with Gasteiger partial charge in [0.15, 0.2) is 0 Å². The maximum absolute atomic E-state index is 11.3. The Morgan fingerprint density at radius 1 is 1.36 bits per heavy atom. The van der Waals surface area contributed by atoms with E-state index in [9.17, 15) is 9.59 Å². The first-order chi connectivity index (χ1) is 6.49. The molecule has 0 fully saturated rings. The predicted octanol–water partition coefficient (Wildman–Crippen LogP) is 0.313. The molecule has 4 nitrogen and oxygen atoms in total. The first kappa shape index (κ1) is 13.1. The summed E-state index contributed by atoms with van der Waals surface area (Å²) in [6.07, 6.45) is 0.271. The minimum atomic E-state index is -0.173. The third-order valence-corrected chi connectivity index (χ3v) is 2.20. The first-order valence-electron chi connectivity index (χ1n) is 4.96. The van der Waals surface area contributed by atoms with E-state index in [1.165, 1.54) is 6.92 Å². The van der Waals surface area contributed by atoms with Crippen LogP contribution in [0.3, 0.4) is 0 Å². The second-order valence-electron chi connectivity index (χ2n) is 3.80. The molecule has 0 aromatic rings. The van der Waals surface area contributed by atoms with Crippen molar-refractivity contribution in [1.29, 1.82) is 0 Å². The standard InChI is InChI=1S/C10H20N2O2/c1-7(2)9(8(3)13)6-10(14)12-5-4-11/h7,9H,4-6,11H2,1-3H3,(H,12,14). The number of carbonyl (C=O) groups excluding carboxylic acids is 2. The van der Waals surface area contributed by atoms with Gasteiger partial charge in [-0.1, -0.05) is 13.8 Å². The Morgan fingerprint density at radius 3 is 2.29 bits per heavy atom. The van der Waals surface area contributed by atoms with Crippen LogP contribution >= 0.6 is 0 Å². The quantitative estimate of drug-likeness (QED) is 0.648. The van der Waals surface area contributed by atoms with Gasteiger partial charge in [0.2, 0.25) is 5.91 Å². The lowest BCUT2D eigenvalue weighted by Crippen LogP contribution is -2.33. The van der Waals surface area contributed by atoms with Crippen LogP contribution in [0.4, 0.5) is 0 Å². The van der Waals surface area contributed by atoms with Gasteiger partial charge in [0, 0.05) is 25.4 Å². The van der Waals surface area contributed by atoms with Crippen molar-refractivity contribution >= 4 is 11.7 Å². The highest BCUT2D eigenvalue weighted by Gasteiger charge is 2.21. The molecule has 0 saturated heterocycles. The van der Waals surface area contributed by atoms with E-state index in [0.717, 1.165) is 0 Å². The molecule has 1 unspecified atom stereocenters. The maximum atomic E-state index is 11.3. The zero-order valence-electron chi connectivity index (χ0n) is 9.17. The number of nitrogens with one attached hydrogen (secondary N) is 1. The second kappa shape index (κ2) is 6.54. The van der Waals surface area contributed by atoms with Gasteiger partial charge < -0.3 is 11.1 Å². The Morgan fingerprint density at radius 2 is 1.93 bits per heavy atom. The van der Waals surface area contributed by atoms with Crippen molar-refractivity contribution in [3.8, 4) is 0 Å². The zero-order chi connectivity index (χ0) is 11.1. The fraction of sp³-hybridized carbons (Fsp3) is 0.800. The second-order valence-corrected chi connectivity index (χ2v) is 3.80. The van der Waals surface area contributed by atoms with Crippen molar-refractivity contribution in [2.75, 3.05) is 13.1 Å². The summed E-state index contributed by atoms with van der Waals surface area (Å²) in [5.41, 5.74) is 5.25. The average Bonchev–Trinajstić information content (AvgIpc) is 2.09. The number of ketones is 1. The van der Waals surface area contributed by atoms with Crippen LogP contribution < -0.4 is 11.1 Å². The Hall–Kier alpha value is -0.900. The summed E-state index contributed by atoms with van der Waals surface area (Å²) >= 11 is 0. The molecule has 14 heavy (non-hydrogen) atoms. The van der Waals surface area contributed by atoms with Gasteiger partial charge in [-0.2, -0.15) is 0 Å². The van der Waals surface area contributed by atoms with E-state index in [0.29, 0.717) is 13.1 Å². The number of amides is 1. The number of hydrogen-bond donors (Lipinski definition) is 2. The molecule has 0 aromatic heterocycles. The number of hydrogen-bond acceptors (Lipinski definition) is 3. The molecule has 1 amide bonds. The van der Waals surface area contributed by atoms with E-state index in [2.05, 4.69) is 5.32 Å². The molecule has 1 atom stereocenters. The van der Waals surface area contributed by atoms with E-state index in [1.807, 2.05) is 13.8 Å². The molecule has 0 aromatic carbocycles. The minimum Gasteiger partial charge on any atom is -0.355 e. The van der Waals surface area contributed by atoms with Crippen LogP contribution in [0.25, 0.3) is 0 Å². The van der Waals surface area contributed by atoms with Crippen molar-refractivity contribution in [3.05, 3.63) is 0 Å². The highest BCUT2D eigenvalue weighted by molar-refractivity contribution is 5.85. The van der Waals surface area contributed by atoms with Crippen LogP contribution in [-0.4, -0.2) is 24.8 Å². The van der Waals surface area contributed by atoms with Gasteiger partial charge in [-0.15, -0.1) is 0 Å². The van der Waals surface area contributed by atoms with Gasteiger partial charge in [-0.3, -0.25) is 9.59 Å². The summed E-state index contributed by atoms with van der Waals surface area (Å²) in [6, 6.07) is 0. The highest BCUT2D eigenvalue weighted by atomic mass is 16.2. The van der Waals surface area contributed by atoms with Crippen LogP contribution in [0.15, 0.2) is 0 Å². The van der Waals surface area contributed by atoms with E-state index in [4.69, 9.17) is 5.73 Å². The fourth-order valence-corrected chi connectivity index (χ4v) is 1.33. The lowest BCUT2D eigenvalue weighted by atomic mass is 9.89. The van der Waals surface area contributed by atoms with Crippen molar-refractivity contribution in [1.82, 2.24) is 5.32 Å². The van der Waals surface area contributed by atoms with Crippen LogP contribution in [-0.2, 0) is 9.59 Å². The predicted molar refractivity (Wildman–Crippen MR) is 55.7 cm³/mol. The normalized spacial score (nSPS) is 12.6. The summed E-state index contributed by atoms with van der Waals surface area (Å²) in [5, 5.41) is 2.66. The summed E-state index contributed by atoms with van der Waals surface area (Å²) in [7, 11) is 0. The third kappa shape index (κ3) is 4.97. The van der Waals surface area contributed by atoms with E-state index >= 15 is 0 Å². The largest absolute Gasteiger partial charge is 0.355 e. The Balaban J connectivity index is 4.04. The number of carbonyl (C=O) groups is 2. The Bertz CT molecular complexity index is 202. The Kier molecular flexibility index (Phi) is 6.12. The van der Waals surface area contributed by atoms with Crippen molar-refractivity contribution in [3.63, 3.8) is 0 Å². The molecule has 82 valence electrons. The monoisotopic (exact) mass is 200 g/mol. The molecule has 0 radical (unpaired) electrons. The molecule has 0 aliphatic carbocycles. The molecule has 3 N–H and O–H groups in total. The molecule has 4 heteroatoms. The van der Waals surface area contributed by atoms with Crippen LogP contribution in [0, 0.1) is 11.8 Å². The summed E-state index contributed by atoms with van der Waals surface area (Å²) in [6.45, 7) is 6.32. The highest BCUT2D eigenvalue weighted by Crippen LogP contribution is 2.15. The molecule has 0 rings (SSSR count). The third-order valence-electron chi connectivity index (χ3n) is 2.20. The van der Waals surface area contributed by atoms with Crippen molar-refractivity contribution in [2.45, 2.75) is 27.2 Å². The molecule has 0 bridgehead atoms. The van der Waals surface area contributed by atoms with Crippen LogP contribution in [0.1, 0.15) is 27.2 Å². The number of nitrogens with two attached hydrogens (primary N) is 1. The van der Waals surface area contributed by atoms with Crippen LogP contribution in [0.5, 0.6) is 0 Å². The maximum Gasteiger partial charge on any atom is 0.220 e. The molecule has 0 saturated carbocycles. The summed E-state index contributed by atoms with van der Waals surface area (Å²) < 4.78 is 0. The number of Topliss-reactive ketones (excluding diaryl/α,β-unsaturated/α-hetero) is 1. The SMILES string of the molecule is CC(=O)C(CC(=O)NCCN)C(C)C. The topological polar surface area (TPSA) is 72.2 Å². The lowest BCUT2D eigenvalue weighted by molar-refractivity contribution is -0.129. The first-order valence-corrected chi connectivity index (χ1v) is 4.96. The van der Waals surface area contributed by atoms with Gasteiger partial charge in [0.25, 0.3) is 0 Å². The fourth-order valence-electron chi connectivity index (χ4n) is 1.33. The van der Waals surface area contributed by atoms with Gasteiger partial charge in [0.1, 0.15) is 5.78 Å². The molecule has 0 aliphatic heterocycles. The van der Waals surface area contributed by atoms with E-state index < -0.39 is 0 Å². The molecular weight excluding hydrogens is 180 g/mol. The average molecular weight is 200 g/mol. The minimum absolute atomic E-state index is 0.0721. The van der Waals surface area contributed by atoms with E-state index in [-0.39, 0.29) is 29.9 Å². The number of rotatable bonds is 6. The smallest absolute Gasteiger partial charge is 0.220 e. The van der Waals surface area contributed by atoms with Gasteiger partial charge in [0.05, 0.1) is 0 Å². The molecule has 0 aliphatic rings. The zero-order valence-corrected chi connectivity index (χ0v) is 9.17. The van der Waals surface area contributed by atoms with Crippen molar-refractivity contribution in [2.24, 2.45) is 17.6 Å². The molecular formula is C10H20N2O2. The Labute approximate surface area is 85.2 Å². The van der Waals surface area contributed by atoms with Gasteiger partial charge in [-0.25, -0.2) is 0 Å². The van der Waals surface area contributed by atoms with Gasteiger partial charge in [-0.05, 0) is 12.8 Å². The van der Waals surface area contributed by atoms with Crippen molar-refractivity contribution < 1.29 is 9.59 Å².